The Morgan fingerprint density at radius 1 is 1.31 bits per heavy atom. The van der Waals surface area contributed by atoms with Crippen LogP contribution >= 0.6 is 11.3 Å². The average Bonchev–Trinajstić information content (AvgIpc) is 2.61. The third kappa shape index (κ3) is 2.49. The Kier molecular flexibility index (Phi) is 3.36. The molecule has 0 aliphatic rings. The predicted molar refractivity (Wildman–Crippen MR) is 66.7 cm³/mol. The summed E-state index contributed by atoms with van der Waals surface area (Å²) in [5.41, 5.74) is 2.37. The van der Waals surface area contributed by atoms with Crippen LogP contribution in [0.25, 0.3) is 0 Å². The topological polar surface area (TPSA) is 33.1 Å². The van der Waals surface area contributed by atoms with Gasteiger partial charge in [-0.3, -0.25) is 4.98 Å². The molecule has 0 aliphatic heterocycles. The molecule has 2 nitrogen and oxygen atoms in total. The predicted octanol–water partition coefficient (Wildman–Crippen LogP) is 3.04. The van der Waals surface area contributed by atoms with Crippen LogP contribution in [-0.4, -0.2) is 10.1 Å². The van der Waals surface area contributed by atoms with Crippen LogP contribution < -0.4 is 0 Å². The molecular weight excluding hydrogens is 218 g/mol. The molecule has 1 atom stereocenters. The van der Waals surface area contributed by atoms with E-state index in [-0.39, 0.29) is 0 Å². The van der Waals surface area contributed by atoms with Crippen LogP contribution in [0.4, 0.5) is 0 Å². The molecule has 0 amide bonds. The third-order valence-corrected chi connectivity index (χ3v) is 3.95. The maximum Gasteiger partial charge on any atom is 0.0922 e. The average molecular weight is 233 g/mol. The van der Waals surface area contributed by atoms with Crippen molar-refractivity contribution >= 4 is 11.3 Å². The van der Waals surface area contributed by atoms with Crippen molar-refractivity contribution in [2.45, 2.75) is 26.4 Å². The number of hydrogen-bond acceptors (Lipinski definition) is 3. The molecule has 0 aromatic carbocycles. The number of rotatable bonds is 3. The highest BCUT2D eigenvalue weighted by Crippen LogP contribution is 2.28. The van der Waals surface area contributed by atoms with E-state index in [1.807, 2.05) is 12.1 Å². The molecule has 0 aliphatic carbocycles. The van der Waals surface area contributed by atoms with Crippen LogP contribution in [0.2, 0.25) is 0 Å². The maximum atomic E-state index is 10.1. The monoisotopic (exact) mass is 233 g/mol. The summed E-state index contributed by atoms with van der Waals surface area (Å²) in [4.78, 5) is 6.29. The fraction of sp³-hybridized carbons (Fsp3) is 0.308. The van der Waals surface area contributed by atoms with E-state index >= 15 is 0 Å². The van der Waals surface area contributed by atoms with Crippen molar-refractivity contribution in [2.24, 2.45) is 0 Å². The number of nitrogens with zero attached hydrogens (tertiary/aromatic N) is 1. The fourth-order valence-electron chi connectivity index (χ4n) is 1.61. The van der Waals surface area contributed by atoms with Gasteiger partial charge in [-0.05, 0) is 43.2 Å². The van der Waals surface area contributed by atoms with Crippen LogP contribution in [0.5, 0.6) is 0 Å². The Morgan fingerprint density at radius 2 is 2.00 bits per heavy atom. The van der Waals surface area contributed by atoms with Gasteiger partial charge in [-0.1, -0.05) is 0 Å². The quantitative estimate of drug-likeness (QED) is 0.884. The zero-order valence-electron chi connectivity index (χ0n) is 9.47. The van der Waals surface area contributed by atoms with Gasteiger partial charge in [0.05, 0.1) is 6.10 Å². The first-order valence-corrected chi connectivity index (χ1v) is 6.12. The summed E-state index contributed by atoms with van der Waals surface area (Å²) in [6.45, 7) is 4.16. The zero-order chi connectivity index (χ0) is 11.5. The lowest BCUT2D eigenvalue weighted by atomic mass is 10.1. The summed E-state index contributed by atoms with van der Waals surface area (Å²) < 4.78 is 0. The molecule has 3 heteroatoms. The van der Waals surface area contributed by atoms with Crippen molar-refractivity contribution < 1.29 is 5.11 Å². The highest BCUT2D eigenvalue weighted by molar-refractivity contribution is 7.12. The number of aliphatic hydroxyl groups is 1. The molecule has 1 N–H and O–H groups in total. The minimum atomic E-state index is -0.403. The van der Waals surface area contributed by atoms with Crippen LogP contribution in [0.15, 0.2) is 30.6 Å². The van der Waals surface area contributed by atoms with Crippen LogP contribution in [-0.2, 0) is 6.42 Å². The highest BCUT2D eigenvalue weighted by Gasteiger charge is 2.12. The molecule has 0 fully saturated rings. The standard InChI is InChI=1S/C13H15NOS/c1-9-7-13(16-10(9)2)12(15)8-11-3-5-14-6-4-11/h3-7,12,15H,8H2,1-2H3. The smallest absolute Gasteiger partial charge is 0.0922 e. The van der Waals surface area contributed by atoms with E-state index in [0.29, 0.717) is 6.42 Å². The lowest BCUT2D eigenvalue weighted by Gasteiger charge is -2.07. The van der Waals surface area contributed by atoms with Gasteiger partial charge in [0.2, 0.25) is 0 Å². The molecular formula is C13H15NOS. The van der Waals surface area contributed by atoms with Gasteiger partial charge in [-0.15, -0.1) is 11.3 Å². The van der Waals surface area contributed by atoms with E-state index in [4.69, 9.17) is 0 Å². The molecule has 2 aromatic rings. The first kappa shape index (κ1) is 11.3. The summed E-state index contributed by atoms with van der Waals surface area (Å²) in [5, 5.41) is 10.1. The summed E-state index contributed by atoms with van der Waals surface area (Å²) in [6, 6.07) is 5.96. The van der Waals surface area contributed by atoms with E-state index in [2.05, 4.69) is 24.9 Å². The molecule has 0 radical (unpaired) electrons. The molecule has 2 heterocycles. The van der Waals surface area contributed by atoms with Crippen molar-refractivity contribution in [3.05, 3.63) is 51.5 Å². The molecule has 16 heavy (non-hydrogen) atoms. The second-order valence-electron chi connectivity index (χ2n) is 3.96. The largest absolute Gasteiger partial charge is 0.387 e. The number of pyridine rings is 1. The second kappa shape index (κ2) is 4.76. The van der Waals surface area contributed by atoms with Crippen molar-refractivity contribution in [3.63, 3.8) is 0 Å². The van der Waals surface area contributed by atoms with Gasteiger partial charge >= 0.3 is 0 Å². The Morgan fingerprint density at radius 3 is 2.56 bits per heavy atom. The van der Waals surface area contributed by atoms with Crippen molar-refractivity contribution in [1.82, 2.24) is 4.98 Å². The minimum Gasteiger partial charge on any atom is -0.387 e. The summed E-state index contributed by atoms with van der Waals surface area (Å²) in [5.74, 6) is 0. The Labute approximate surface area is 99.6 Å². The number of aryl methyl sites for hydroxylation is 2. The van der Waals surface area contributed by atoms with Gasteiger partial charge in [0.1, 0.15) is 0 Å². The molecule has 84 valence electrons. The zero-order valence-corrected chi connectivity index (χ0v) is 10.3. The molecule has 0 saturated heterocycles. The second-order valence-corrected chi connectivity index (χ2v) is 5.25. The van der Waals surface area contributed by atoms with Crippen LogP contribution in [0.1, 0.15) is 27.0 Å². The lowest BCUT2D eigenvalue weighted by Crippen LogP contribution is -1.99. The van der Waals surface area contributed by atoms with Crippen molar-refractivity contribution in [1.29, 1.82) is 0 Å². The summed E-state index contributed by atoms with van der Waals surface area (Å²) in [7, 11) is 0. The van der Waals surface area contributed by atoms with Crippen molar-refractivity contribution in [3.8, 4) is 0 Å². The van der Waals surface area contributed by atoms with Gasteiger partial charge in [0.15, 0.2) is 0 Å². The van der Waals surface area contributed by atoms with Gasteiger partial charge < -0.3 is 5.11 Å². The SMILES string of the molecule is Cc1cc(C(O)Cc2ccncc2)sc1C. The number of thiophene rings is 1. The molecule has 0 bridgehead atoms. The van der Waals surface area contributed by atoms with Crippen LogP contribution in [0.3, 0.4) is 0 Å². The van der Waals surface area contributed by atoms with Gasteiger partial charge in [-0.25, -0.2) is 0 Å². The van der Waals surface area contributed by atoms with E-state index < -0.39 is 6.10 Å². The molecule has 0 saturated carbocycles. The molecule has 2 aromatic heterocycles. The molecule has 2 rings (SSSR count). The number of aliphatic hydroxyl groups excluding tert-OH is 1. The fourth-order valence-corrected chi connectivity index (χ4v) is 2.64. The maximum absolute atomic E-state index is 10.1. The highest BCUT2D eigenvalue weighted by atomic mass is 32.1. The number of hydrogen-bond donors (Lipinski definition) is 1. The minimum absolute atomic E-state index is 0.403. The van der Waals surface area contributed by atoms with E-state index in [0.717, 1.165) is 10.4 Å². The Bertz CT molecular complexity index is 445. The van der Waals surface area contributed by atoms with Crippen LogP contribution in [0, 0.1) is 13.8 Å². The summed E-state index contributed by atoms with van der Waals surface area (Å²) in [6.07, 6.45) is 3.77. The van der Waals surface area contributed by atoms with E-state index in [1.54, 1.807) is 23.7 Å². The summed E-state index contributed by atoms with van der Waals surface area (Å²) >= 11 is 1.68. The molecule has 0 spiro atoms. The van der Waals surface area contributed by atoms with E-state index in [9.17, 15) is 5.11 Å². The lowest BCUT2D eigenvalue weighted by molar-refractivity contribution is 0.182. The van der Waals surface area contributed by atoms with Crippen molar-refractivity contribution in [2.75, 3.05) is 0 Å². The Balaban J connectivity index is 2.11. The van der Waals surface area contributed by atoms with Gasteiger partial charge in [-0.2, -0.15) is 0 Å². The van der Waals surface area contributed by atoms with Gasteiger partial charge in [0, 0.05) is 28.6 Å². The first-order valence-electron chi connectivity index (χ1n) is 5.30. The normalized spacial score (nSPS) is 12.7. The first-order chi connectivity index (χ1) is 7.66. The van der Waals surface area contributed by atoms with Gasteiger partial charge in [0.25, 0.3) is 0 Å². The Hall–Kier alpha value is -1.19. The number of aromatic nitrogens is 1. The van der Waals surface area contributed by atoms with E-state index in [1.165, 1.54) is 10.4 Å². The molecule has 1 unspecified atom stereocenters. The third-order valence-electron chi connectivity index (χ3n) is 2.69.